The summed E-state index contributed by atoms with van der Waals surface area (Å²) in [6.45, 7) is 1.79. The van der Waals surface area contributed by atoms with Gasteiger partial charge in [-0.2, -0.15) is 5.26 Å². The number of benzene rings is 1. The monoisotopic (exact) mass is 445 g/mol. The van der Waals surface area contributed by atoms with Crippen LogP contribution in [0.4, 0.5) is 5.13 Å². The number of aromatic nitrogens is 1. The van der Waals surface area contributed by atoms with Crippen molar-refractivity contribution in [3.05, 3.63) is 33.5 Å². The van der Waals surface area contributed by atoms with Crippen molar-refractivity contribution in [2.24, 2.45) is 0 Å². The van der Waals surface area contributed by atoms with Crippen LogP contribution in [0.2, 0.25) is 0 Å². The molecule has 1 amide bonds. The van der Waals surface area contributed by atoms with Gasteiger partial charge in [-0.25, -0.2) is 4.98 Å². The summed E-state index contributed by atoms with van der Waals surface area (Å²) in [7, 11) is 0. The number of aryl methyl sites for hydroxylation is 1. The summed E-state index contributed by atoms with van der Waals surface area (Å²) in [5, 5.41) is 11.8. The molecule has 0 aliphatic heterocycles. The summed E-state index contributed by atoms with van der Waals surface area (Å²) in [6, 6.07) is 9.53. The average Bonchev–Trinajstić information content (AvgIpc) is 2.84. The van der Waals surface area contributed by atoms with E-state index in [-0.39, 0.29) is 12.5 Å². The Hall–Kier alpha value is -1.31. The first kappa shape index (κ1) is 17.1. The van der Waals surface area contributed by atoms with Crippen LogP contribution < -0.4 is 10.1 Å². The molecule has 0 unspecified atom stereocenters. The number of carbonyl (C=O) groups excluding carboxylic acids is 1. The number of carbonyl (C=O) groups is 1. The summed E-state index contributed by atoms with van der Waals surface area (Å²) in [5.74, 6) is 0.757. The summed E-state index contributed by atoms with van der Waals surface area (Å²) in [6.07, 6.45) is 0. The van der Waals surface area contributed by atoms with Crippen LogP contribution in [-0.2, 0) is 4.79 Å². The molecule has 0 saturated heterocycles. The maximum Gasteiger partial charge on any atom is 0.264 e. The number of ether oxygens (including phenoxy) is 1. The number of hydrogen-bond donors (Lipinski definition) is 1. The molecule has 0 atom stereocenters. The molecule has 1 N–H and O–H groups in total. The van der Waals surface area contributed by atoms with Crippen LogP contribution in [-0.4, -0.2) is 23.3 Å². The van der Waals surface area contributed by atoms with Gasteiger partial charge in [0.25, 0.3) is 5.91 Å². The second-order valence-electron chi connectivity index (χ2n) is 4.13. The van der Waals surface area contributed by atoms with E-state index >= 15 is 0 Å². The highest BCUT2D eigenvalue weighted by molar-refractivity contribution is 14.1. The lowest BCUT2D eigenvalue weighted by Gasteiger charge is -2.05. The van der Waals surface area contributed by atoms with Crippen LogP contribution in [0.15, 0.2) is 28.5 Å². The van der Waals surface area contributed by atoms with E-state index in [1.54, 1.807) is 0 Å². The number of thiazole rings is 1. The molecule has 0 aliphatic rings. The molecule has 0 spiro atoms. The van der Waals surface area contributed by atoms with Gasteiger partial charge >= 0.3 is 0 Å². The van der Waals surface area contributed by atoms with Crippen LogP contribution in [0.3, 0.4) is 0 Å². The zero-order chi connectivity index (χ0) is 15.9. The molecule has 1 heterocycles. The van der Waals surface area contributed by atoms with E-state index < -0.39 is 0 Å². The Morgan fingerprint density at radius 1 is 1.50 bits per heavy atom. The summed E-state index contributed by atoms with van der Waals surface area (Å²) < 4.78 is 7.46. The largest absolute Gasteiger partial charge is 0.484 e. The number of hydrogen-bond acceptors (Lipinski definition) is 6. The van der Waals surface area contributed by atoms with Gasteiger partial charge in [-0.05, 0) is 53.8 Å². The Labute approximate surface area is 150 Å². The number of thioether (sulfide) groups is 1. The van der Waals surface area contributed by atoms with Gasteiger partial charge in [0.2, 0.25) is 0 Å². The molecule has 0 radical (unpaired) electrons. The van der Waals surface area contributed by atoms with E-state index in [9.17, 15) is 4.79 Å². The third-order valence-corrected chi connectivity index (χ3v) is 5.47. The van der Waals surface area contributed by atoms with Crippen LogP contribution in [0, 0.1) is 21.8 Å². The minimum atomic E-state index is -0.260. The highest BCUT2D eigenvalue weighted by Crippen LogP contribution is 2.31. The molecule has 0 fully saturated rings. The fourth-order valence-corrected chi connectivity index (χ4v) is 3.68. The van der Waals surface area contributed by atoms with Gasteiger partial charge in [0.05, 0.1) is 21.7 Å². The first-order chi connectivity index (χ1) is 10.6. The van der Waals surface area contributed by atoms with Crippen LogP contribution >= 0.6 is 45.7 Å². The van der Waals surface area contributed by atoms with Crippen LogP contribution in [0.1, 0.15) is 5.69 Å². The number of nitrogens with zero attached hydrogens (tertiary/aromatic N) is 2. The zero-order valence-corrected chi connectivity index (χ0v) is 15.4. The standard InChI is InChI=1S/C14H12IN3O2S2/c1-9-13(21-7-6-16)22-14(17-9)18-12(19)8-20-11-4-2-10(15)3-5-11/h2-5H,7-8H2,1H3,(H,17,18,19). The maximum absolute atomic E-state index is 11.9. The molecule has 1 aromatic heterocycles. The van der Waals surface area contributed by atoms with Crippen molar-refractivity contribution in [2.45, 2.75) is 11.1 Å². The molecule has 5 nitrogen and oxygen atoms in total. The Kier molecular flexibility index (Phi) is 6.48. The molecular weight excluding hydrogens is 433 g/mol. The van der Waals surface area contributed by atoms with Crippen LogP contribution in [0.5, 0.6) is 5.75 Å². The van der Waals surface area contributed by atoms with Crippen LogP contribution in [0.25, 0.3) is 0 Å². The topological polar surface area (TPSA) is 75.0 Å². The van der Waals surface area contributed by atoms with Crippen molar-refractivity contribution >= 4 is 56.7 Å². The van der Waals surface area contributed by atoms with Gasteiger partial charge in [-0.15, -0.1) is 0 Å². The number of rotatable bonds is 6. The highest BCUT2D eigenvalue weighted by Gasteiger charge is 2.11. The maximum atomic E-state index is 11.9. The predicted molar refractivity (Wildman–Crippen MR) is 96.5 cm³/mol. The quantitative estimate of drug-likeness (QED) is 0.543. The molecule has 114 valence electrons. The summed E-state index contributed by atoms with van der Waals surface area (Å²) in [5.41, 5.74) is 0.819. The summed E-state index contributed by atoms with van der Waals surface area (Å²) in [4.78, 5) is 16.1. The number of nitrogens with one attached hydrogen (secondary N) is 1. The molecule has 2 aromatic rings. The van der Waals surface area contributed by atoms with Crippen molar-refractivity contribution in [1.29, 1.82) is 5.26 Å². The first-order valence-corrected chi connectivity index (χ1v) is 9.12. The average molecular weight is 445 g/mol. The smallest absolute Gasteiger partial charge is 0.264 e. The van der Waals surface area contributed by atoms with E-state index in [1.165, 1.54) is 23.1 Å². The minimum Gasteiger partial charge on any atom is -0.484 e. The van der Waals surface area contributed by atoms with Gasteiger partial charge in [0, 0.05) is 3.57 Å². The van der Waals surface area contributed by atoms with E-state index in [0.29, 0.717) is 16.6 Å². The van der Waals surface area contributed by atoms with E-state index in [4.69, 9.17) is 10.00 Å². The van der Waals surface area contributed by atoms with Gasteiger partial charge < -0.3 is 4.74 Å². The second kappa shape index (κ2) is 8.36. The SMILES string of the molecule is Cc1nc(NC(=O)COc2ccc(I)cc2)sc1SCC#N. The molecule has 0 saturated carbocycles. The summed E-state index contributed by atoms with van der Waals surface area (Å²) >= 11 is 4.99. The van der Waals surface area contributed by atoms with Gasteiger partial charge in [0.1, 0.15) is 5.75 Å². The number of amides is 1. The Morgan fingerprint density at radius 3 is 2.91 bits per heavy atom. The fraction of sp³-hybridized carbons (Fsp3) is 0.214. The third kappa shape index (κ3) is 5.15. The lowest BCUT2D eigenvalue weighted by atomic mass is 10.3. The molecule has 22 heavy (non-hydrogen) atoms. The van der Waals surface area contributed by atoms with Crippen molar-refractivity contribution in [1.82, 2.24) is 4.98 Å². The molecule has 0 bridgehead atoms. The molecule has 1 aromatic carbocycles. The first-order valence-electron chi connectivity index (χ1n) is 6.24. The Bertz CT molecular complexity index is 695. The number of anilines is 1. The minimum absolute atomic E-state index is 0.0696. The molecular formula is C14H12IN3O2S2. The van der Waals surface area contributed by atoms with Crippen molar-refractivity contribution in [2.75, 3.05) is 17.7 Å². The second-order valence-corrected chi connectivity index (χ2v) is 7.62. The lowest BCUT2D eigenvalue weighted by molar-refractivity contribution is -0.118. The number of nitriles is 1. The fourth-order valence-electron chi connectivity index (χ4n) is 1.50. The molecule has 2 rings (SSSR count). The van der Waals surface area contributed by atoms with Crippen molar-refractivity contribution < 1.29 is 9.53 Å². The van der Waals surface area contributed by atoms with Gasteiger partial charge in [-0.1, -0.05) is 23.1 Å². The van der Waals surface area contributed by atoms with Crippen molar-refractivity contribution in [3.63, 3.8) is 0 Å². The normalized spacial score (nSPS) is 10.0. The van der Waals surface area contributed by atoms with E-state index in [0.717, 1.165) is 13.5 Å². The molecule has 0 aliphatic carbocycles. The highest BCUT2D eigenvalue weighted by atomic mass is 127. The zero-order valence-electron chi connectivity index (χ0n) is 11.6. The van der Waals surface area contributed by atoms with Crippen molar-refractivity contribution in [3.8, 4) is 11.8 Å². The Morgan fingerprint density at radius 2 is 2.23 bits per heavy atom. The van der Waals surface area contributed by atoms with E-state index in [2.05, 4.69) is 39.0 Å². The van der Waals surface area contributed by atoms with E-state index in [1.807, 2.05) is 31.2 Å². The Balaban J connectivity index is 1.86. The predicted octanol–water partition coefficient (Wildman–Crippen LogP) is 3.69. The lowest BCUT2D eigenvalue weighted by Crippen LogP contribution is -2.20. The van der Waals surface area contributed by atoms with Gasteiger partial charge in [-0.3, -0.25) is 10.1 Å². The molecule has 8 heteroatoms. The number of halogens is 1. The van der Waals surface area contributed by atoms with Gasteiger partial charge in [0.15, 0.2) is 11.7 Å². The third-order valence-electron chi connectivity index (χ3n) is 2.45.